The molecule has 2 aromatic carbocycles. The second kappa shape index (κ2) is 10.1. The lowest BCUT2D eigenvalue weighted by Crippen LogP contribution is -2.40. The van der Waals surface area contributed by atoms with Crippen molar-refractivity contribution < 1.29 is 14.7 Å². The Kier molecular flexibility index (Phi) is 6.25. The monoisotopic (exact) mass is 535 g/mol. The van der Waals surface area contributed by atoms with E-state index < -0.39 is 5.97 Å². The van der Waals surface area contributed by atoms with E-state index in [0.29, 0.717) is 25.6 Å². The third kappa shape index (κ3) is 4.22. The maximum absolute atomic E-state index is 14.1. The second-order valence-electron chi connectivity index (χ2n) is 11.4. The number of aromatic carboxylic acids is 1. The minimum atomic E-state index is -0.937. The van der Waals surface area contributed by atoms with Gasteiger partial charge in [-0.3, -0.25) is 4.79 Å². The highest BCUT2D eigenvalue weighted by Crippen LogP contribution is 2.46. The second-order valence-corrected chi connectivity index (χ2v) is 11.4. The number of nitrogens with zero attached hydrogens (tertiary/aromatic N) is 5. The summed E-state index contributed by atoms with van der Waals surface area (Å²) in [5.74, 6) is -0.466. The molecule has 204 valence electrons. The molecule has 7 rings (SSSR count). The molecule has 1 N–H and O–H groups in total. The van der Waals surface area contributed by atoms with Crippen molar-refractivity contribution in [2.75, 3.05) is 13.1 Å². The zero-order valence-electron chi connectivity index (χ0n) is 22.5. The maximum atomic E-state index is 14.1. The van der Waals surface area contributed by atoms with Crippen LogP contribution in [0, 0.1) is 0 Å². The molecule has 8 nitrogen and oxygen atoms in total. The van der Waals surface area contributed by atoms with Gasteiger partial charge in [-0.05, 0) is 60.9 Å². The van der Waals surface area contributed by atoms with Crippen LogP contribution < -0.4 is 0 Å². The van der Waals surface area contributed by atoms with E-state index in [1.807, 2.05) is 27.9 Å². The topological polar surface area (TPSA) is 93.2 Å². The molecule has 2 aliphatic heterocycles. The molecule has 2 aromatic heterocycles. The highest BCUT2D eigenvalue weighted by Gasteiger charge is 2.32. The Hall–Kier alpha value is -4.20. The molecule has 0 bridgehead atoms. The number of amides is 1. The van der Waals surface area contributed by atoms with Gasteiger partial charge in [0.25, 0.3) is 5.91 Å². The Morgan fingerprint density at radius 3 is 2.50 bits per heavy atom. The molecule has 1 saturated carbocycles. The van der Waals surface area contributed by atoms with E-state index in [1.54, 1.807) is 18.3 Å². The van der Waals surface area contributed by atoms with Crippen LogP contribution >= 0.6 is 0 Å². The van der Waals surface area contributed by atoms with E-state index in [4.69, 9.17) is 0 Å². The fraction of sp³-hybridized carbons (Fsp3) is 0.375. The predicted octanol–water partition coefficient (Wildman–Crippen LogP) is 5.91. The lowest BCUT2D eigenvalue weighted by atomic mass is 9.81. The van der Waals surface area contributed by atoms with Crippen LogP contribution in [0.25, 0.3) is 28.2 Å². The third-order valence-electron chi connectivity index (χ3n) is 9.08. The first kappa shape index (κ1) is 24.8. The van der Waals surface area contributed by atoms with Crippen molar-refractivity contribution in [3.8, 4) is 11.3 Å². The smallest absolute Gasteiger partial charge is 0.335 e. The largest absolute Gasteiger partial charge is 0.478 e. The number of fused-ring (bicyclic) bond motifs is 5. The zero-order chi connectivity index (χ0) is 27.2. The highest BCUT2D eigenvalue weighted by atomic mass is 16.4. The Bertz CT molecular complexity index is 1620. The first-order chi connectivity index (χ1) is 19.6. The lowest BCUT2D eigenvalue weighted by molar-refractivity contribution is -0.128. The van der Waals surface area contributed by atoms with Crippen LogP contribution in [0.3, 0.4) is 0 Å². The van der Waals surface area contributed by atoms with Crippen molar-refractivity contribution in [3.63, 3.8) is 0 Å². The molecule has 3 aliphatic rings. The minimum absolute atomic E-state index is 0.0511. The molecule has 40 heavy (non-hydrogen) atoms. The number of carbonyl (C=O) groups excluding carboxylic acids is 1. The van der Waals surface area contributed by atoms with Gasteiger partial charge in [0.1, 0.15) is 0 Å². The summed E-state index contributed by atoms with van der Waals surface area (Å²) < 4.78 is 4.12. The summed E-state index contributed by atoms with van der Waals surface area (Å²) in [5.41, 5.74) is 6.52. The van der Waals surface area contributed by atoms with Gasteiger partial charge in [-0.2, -0.15) is 0 Å². The fourth-order valence-electron chi connectivity index (χ4n) is 7.09. The highest BCUT2D eigenvalue weighted by molar-refractivity contribution is 6.03. The third-order valence-corrected chi connectivity index (χ3v) is 9.08. The summed E-state index contributed by atoms with van der Waals surface area (Å²) in [6, 6.07) is 14.1. The number of carboxylic acids is 1. The quantitative estimate of drug-likeness (QED) is 0.351. The molecular weight excluding hydrogens is 502 g/mol. The molecule has 8 heteroatoms. The van der Waals surface area contributed by atoms with Gasteiger partial charge in [0.2, 0.25) is 0 Å². The summed E-state index contributed by atoms with van der Waals surface area (Å²) in [6.07, 6.45) is 13.3. The fourth-order valence-corrected chi connectivity index (χ4v) is 7.09. The number of hydrogen-bond donors (Lipinski definition) is 1. The van der Waals surface area contributed by atoms with Crippen molar-refractivity contribution in [3.05, 3.63) is 77.1 Å². The lowest BCUT2D eigenvalue weighted by Gasteiger charge is -2.32. The van der Waals surface area contributed by atoms with Crippen molar-refractivity contribution in [2.24, 2.45) is 0 Å². The summed E-state index contributed by atoms with van der Waals surface area (Å²) in [5, 5.41) is 19.0. The molecule has 1 aliphatic carbocycles. The average Bonchev–Trinajstić information content (AvgIpc) is 3.60. The number of carbonyl (C=O) groups is 2. The molecule has 0 radical (unpaired) electrons. The molecule has 1 saturated heterocycles. The Morgan fingerprint density at radius 1 is 0.950 bits per heavy atom. The standard InChI is InChI=1S/C32H33N5O3/c38-31(35-15-12-25(13-16-35)37-17-14-33-34-37)24-18-22-8-4-5-9-26(22)30-29(21-6-2-1-3-7-21)27-11-10-23(32(39)40)19-28(27)36(30)20-24/h4-5,8-11,14,17-19,21,25H,1-3,6-7,12-13,15-16,20H2,(H,39,40). The number of likely N-dealkylation sites (tertiary alicyclic amines) is 1. The first-order valence-electron chi connectivity index (χ1n) is 14.4. The van der Waals surface area contributed by atoms with Crippen LogP contribution in [0.15, 0.2) is 60.4 Å². The van der Waals surface area contributed by atoms with Gasteiger partial charge >= 0.3 is 5.97 Å². The van der Waals surface area contributed by atoms with Crippen molar-refractivity contribution in [2.45, 2.75) is 63.5 Å². The number of aromatic nitrogens is 4. The van der Waals surface area contributed by atoms with Crippen molar-refractivity contribution in [1.82, 2.24) is 24.5 Å². The maximum Gasteiger partial charge on any atom is 0.335 e. The van der Waals surface area contributed by atoms with Crippen LogP contribution in [-0.2, 0) is 11.3 Å². The summed E-state index contributed by atoms with van der Waals surface area (Å²) >= 11 is 0. The van der Waals surface area contributed by atoms with Crippen molar-refractivity contribution in [1.29, 1.82) is 0 Å². The Labute approximate surface area is 232 Å². The SMILES string of the molecule is O=C(O)c1ccc2c(C3CCCCC3)c3n(c2c1)CC(C(=O)N1CCC(n2ccnn2)CC1)=Cc1ccccc1-3. The van der Waals surface area contributed by atoms with Crippen LogP contribution in [-0.4, -0.2) is 54.5 Å². The summed E-state index contributed by atoms with van der Waals surface area (Å²) in [6.45, 7) is 1.74. The molecule has 4 heterocycles. The number of piperidine rings is 1. The van der Waals surface area contributed by atoms with Gasteiger partial charge in [0, 0.05) is 41.3 Å². The molecular formula is C32H33N5O3. The van der Waals surface area contributed by atoms with Gasteiger partial charge in [-0.25, -0.2) is 9.48 Å². The van der Waals surface area contributed by atoms with Gasteiger partial charge < -0.3 is 14.6 Å². The average molecular weight is 536 g/mol. The number of benzene rings is 2. The van der Waals surface area contributed by atoms with E-state index in [0.717, 1.165) is 59.0 Å². The first-order valence-corrected chi connectivity index (χ1v) is 14.4. The zero-order valence-corrected chi connectivity index (χ0v) is 22.5. The van der Waals surface area contributed by atoms with E-state index in [2.05, 4.69) is 39.2 Å². The van der Waals surface area contributed by atoms with Gasteiger partial charge in [-0.1, -0.05) is 54.8 Å². The van der Waals surface area contributed by atoms with Crippen molar-refractivity contribution >= 4 is 28.9 Å². The number of carboxylic acid groups (broad SMARTS) is 1. The van der Waals surface area contributed by atoms with Crippen LogP contribution in [0.1, 0.15) is 78.4 Å². The van der Waals surface area contributed by atoms with Gasteiger partial charge in [0.15, 0.2) is 0 Å². The molecule has 1 amide bonds. The van der Waals surface area contributed by atoms with Gasteiger partial charge in [0.05, 0.1) is 30.0 Å². The van der Waals surface area contributed by atoms with Crippen LogP contribution in [0.4, 0.5) is 0 Å². The Morgan fingerprint density at radius 2 is 1.75 bits per heavy atom. The van der Waals surface area contributed by atoms with E-state index in [-0.39, 0.29) is 17.5 Å². The summed E-state index contributed by atoms with van der Waals surface area (Å²) in [7, 11) is 0. The molecule has 0 spiro atoms. The number of hydrogen-bond acceptors (Lipinski definition) is 4. The molecule has 2 fully saturated rings. The molecule has 0 atom stereocenters. The van der Waals surface area contributed by atoms with Gasteiger partial charge in [-0.15, -0.1) is 5.10 Å². The summed E-state index contributed by atoms with van der Waals surface area (Å²) in [4.78, 5) is 28.0. The number of rotatable bonds is 4. The molecule has 4 aromatic rings. The minimum Gasteiger partial charge on any atom is -0.478 e. The van der Waals surface area contributed by atoms with E-state index >= 15 is 0 Å². The predicted molar refractivity (Wildman–Crippen MR) is 153 cm³/mol. The van der Waals surface area contributed by atoms with E-state index in [9.17, 15) is 14.7 Å². The van der Waals surface area contributed by atoms with Crippen LogP contribution in [0.2, 0.25) is 0 Å². The Balaban J connectivity index is 1.32. The molecule has 0 unspecified atom stereocenters. The normalized spacial score (nSPS) is 18.2. The van der Waals surface area contributed by atoms with E-state index in [1.165, 1.54) is 24.8 Å². The van der Waals surface area contributed by atoms with Crippen LogP contribution in [0.5, 0.6) is 0 Å².